The van der Waals surface area contributed by atoms with E-state index in [0.29, 0.717) is 34.5 Å². The van der Waals surface area contributed by atoms with Crippen LogP contribution in [0.25, 0.3) is 6.08 Å². The fourth-order valence-corrected chi connectivity index (χ4v) is 3.16. The molecule has 3 rings (SSSR count). The molecule has 27 heavy (non-hydrogen) atoms. The third-order valence-corrected chi connectivity index (χ3v) is 4.69. The zero-order valence-electron chi connectivity index (χ0n) is 14.4. The van der Waals surface area contributed by atoms with Gasteiger partial charge in [0.25, 0.3) is 5.91 Å². The van der Waals surface area contributed by atoms with Crippen molar-refractivity contribution in [3.8, 4) is 6.07 Å². The van der Waals surface area contributed by atoms with Crippen LogP contribution in [0.4, 0.5) is 11.4 Å². The maximum atomic E-state index is 12.4. The third kappa shape index (κ3) is 5.01. The number of nitrogens with zero attached hydrogens (tertiary/aromatic N) is 2. The molecule has 0 aliphatic carbocycles. The van der Waals surface area contributed by atoms with Gasteiger partial charge in [-0.2, -0.15) is 5.26 Å². The van der Waals surface area contributed by atoms with Crippen LogP contribution >= 0.6 is 23.2 Å². The minimum absolute atomic E-state index is 0.0449. The van der Waals surface area contributed by atoms with Crippen LogP contribution in [0.5, 0.6) is 0 Å². The number of benzene rings is 2. The van der Waals surface area contributed by atoms with Gasteiger partial charge in [0, 0.05) is 34.5 Å². The summed E-state index contributed by atoms with van der Waals surface area (Å²) in [6.07, 6.45) is 1.44. The predicted octanol–water partition coefficient (Wildman–Crippen LogP) is 4.38. The molecule has 0 bridgehead atoms. The molecule has 0 spiro atoms. The largest absolute Gasteiger partial charge is 0.378 e. The average Bonchev–Trinajstić information content (AvgIpc) is 2.68. The summed E-state index contributed by atoms with van der Waals surface area (Å²) in [4.78, 5) is 14.6. The van der Waals surface area contributed by atoms with Crippen LogP contribution in [0.15, 0.2) is 48.0 Å². The Morgan fingerprint density at radius 2 is 1.85 bits per heavy atom. The number of carbonyl (C=O) groups excluding carboxylic acids is 1. The summed E-state index contributed by atoms with van der Waals surface area (Å²) in [7, 11) is 0. The number of anilines is 2. The van der Waals surface area contributed by atoms with Crippen molar-refractivity contribution in [1.29, 1.82) is 5.26 Å². The number of ether oxygens (including phenoxy) is 1. The Labute approximate surface area is 167 Å². The number of morpholine rings is 1. The summed E-state index contributed by atoms with van der Waals surface area (Å²) in [5.74, 6) is -0.498. The van der Waals surface area contributed by atoms with Gasteiger partial charge in [0.2, 0.25) is 0 Å². The van der Waals surface area contributed by atoms with E-state index in [-0.39, 0.29) is 5.57 Å². The SMILES string of the molecule is N#C/C(=C\c1ccc(Cl)cc1Cl)C(=O)Nc1ccc(N2CCOCC2)cc1. The van der Waals surface area contributed by atoms with Crippen LogP contribution < -0.4 is 10.2 Å². The van der Waals surface area contributed by atoms with E-state index >= 15 is 0 Å². The Balaban J connectivity index is 1.71. The van der Waals surface area contributed by atoms with Crippen LogP contribution in [-0.4, -0.2) is 32.2 Å². The highest BCUT2D eigenvalue weighted by atomic mass is 35.5. The van der Waals surface area contributed by atoms with E-state index in [9.17, 15) is 10.1 Å². The van der Waals surface area contributed by atoms with Crippen molar-refractivity contribution in [3.63, 3.8) is 0 Å². The van der Waals surface area contributed by atoms with Gasteiger partial charge in [-0.25, -0.2) is 0 Å². The van der Waals surface area contributed by atoms with Crippen molar-refractivity contribution < 1.29 is 9.53 Å². The van der Waals surface area contributed by atoms with Gasteiger partial charge in [0.05, 0.1) is 13.2 Å². The van der Waals surface area contributed by atoms with Crippen molar-refractivity contribution in [1.82, 2.24) is 0 Å². The Hall–Kier alpha value is -2.52. The van der Waals surface area contributed by atoms with Gasteiger partial charge < -0.3 is 15.0 Å². The van der Waals surface area contributed by atoms with Gasteiger partial charge in [-0.3, -0.25) is 4.79 Å². The lowest BCUT2D eigenvalue weighted by molar-refractivity contribution is -0.112. The molecule has 2 aromatic rings. The first-order chi connectivity index (χ1) is 13.1. The molecule has 0 radical (unpaired) electrons. The average molecular weight is 402 g/mol. The number of nitrogens with one attached hydrogen (secondary N) is 1. The van der Waals surface area contributed by atoms with Crippen molar-refractivity contribution in [2.45, 2.75) is 0 Å². The number of hydrogen-bond acceptors (Lipinski definition) is 4. The van der Waals surface area contributed by atoms with Crippen molar-refractivity contribution >= 4 is 46.6 Å². The Kier molecular flexibility index (Phi) is 6.36. The summed E-state index contributed by atoms with van der Waals surface area (Å²) >= 11 is 12.0. The maximum Gasteiger partial charge on any atom is 0.266 e. The molecule has 1 aliphatic heterocycles. The molecule has 1 N–H and O–H groups in total. The van der Waals surface area contributed by atoms with Gasteiger partial charge in [0.15, 0.2) is 0 Å². The predicted molar refractivity (Wildman–Crippen MR) is 108 cm³/mol. The van der Waals surface area contributed by atoms with Gasteiger partial charge in [-0.05, 0) is 48.0 Å². The van der Waals surface area contributed by atoms with Crippen molar-refractivity contribution in [2.24, 2.45) is 0 Å². The molecule has 138 valence electrons. The lowest BCUT2D eigenvalue weighted by atomic mass is 10.1. The fraction of sp³-hybridized carbons (Fsp3) is 0.200. The van der Waals surface area contributed by atoms with E-state index in [2.05, 4.69) is 10.2 Å². The first-order valence-corrected chi connectivity index (χ1v) is 9.13. The summed E-state index contributed by atoms with van der Waals surface area (Å²) in [5.41, 5.74) is 2.19. The van der Waals surface area contributed by atoms with E-state index in [4.69, 9.17) is 27.9 Å². The van der Waals surface area contributed by atoms with Gasteiger partial charge in [-0.15, -0.1) is 0 Å². The number of halogens is 2. The summed E-state index contributed by atoms with van der Waals surface area (Å²) in [6, 6.07) is 14.3. The van der Waals surface area contributed by atoms with E-state index in [1.54, 1.807) is 18.2 Å². The minimum atomic E-state index is -0.498. The molecule has 1 fully saturated rings. The van der Waals surface area contributed by atoms with Crippen molar-refractivity contribution in [2.75, 3.05) is 36.5 Å². The second-order valence-corrected chi connectivity index (χ2v) is 6.78. The number of nitriles is 1. The lowest BCUT2D eigenvalue weighted by Gasteiger charge is -2.28. The fourth-order valence-electron chi connectivity index (χ4n) is 2.70. The molecule has 0 unspecified atom stereocenters. The summed E-state index contributed by atoms with van der Waals surface area (Å²) in [5, 5.41) is 12.9. The lowest BCUT2D eigenvalue weighted by Crippen LogP contribution is -2.36. The third-order valence-electron chi connectivity index (χ3n) is 4.13. The molecule has 0 saturated carbocycles. The first kappa shape index (κ1) is 19.2. The highest BCUT2D eigenvalue weighted by molar-refractivity contribution is 6.35. The zero-order chi connectivity index (χ0) is 19.2. The number of amides is 1. The molecule has 7 heteroatoms. The second-order valence-electron chi connectivity index (χ2n) is 5.94. The number of hydrogen-bond donors (Lipinski definition) is 1. The quantitative estimate of drug-likeness (QED) is 0.609. The van der Waals surface area contributed by atoms with Gasteiger partial charge >= 0.3 is 0 Å². The molecule has 5 nitrogen and oxygen atoms in total. The first-order valence-electron chi connectivity index (χ1n) is 8.38. The molecule has 1 amide bonds. The topological polar surface area (TPSA) is 65.4 Å². The Bertz CT molecular complexity index is 898. The molecule has 1 saturated heterocycles. The minimum Gasteiger partial charge on any atom is -0.378 e. The monoisotopic (exact) mass is 401 g/mol. The van der Waals surface area contributed by atoms with E-state index in [0.717, 1.165) is 18.8 Å². The molecular weight excluding hydrogens is 385 g/mol. The van der Waals surface area contributed by atoms with E-state index in [1.807, 2.05) is 30.3 Å². The number of carbonyl (C=O) groups is 1. The maximum absolute atomic E-state index is 12.4. The van der Waals surface area contributed by atoms with Crippen LogP contribution in [0.3, 0.4) is 0 Å². The summed E-state index contributed by atoms with van der Waals surface area (Å²) < 4.78 is 5.35. The molecule has 1 aliphatic rings. The van der Waals surface area contributed by atoms with Crippen LogP contribution in [0.1, 0.15) is 5.56 Å². The second kappa shape index (κ2) is 8.92. The Morgan fingerprint density at radius 3 is 2.48 bits per heavy atom. The van der Waals surface area contributed by atoms with Gasteiger partial charge in [0.1, 0.15) is 11.6 Å². The zero-order valence-corrected chi connectivity index (χ0v) is 15.9. The number of rotatable bonds is 4. The highest BCUT2D eigenvalue weighted by Crippen LogP contribution is 2.24. The van der Waals surface area contributed by atoms with Crippen LogP contribution in [0, 0.1) is 11.3 Å². The normalized spacial score (nSPS) is 14.6. The molecule has 0 atom stereocenters. The summed E-state index contributed by atoms with van der Waals surface area (Å²) in [6.45, 7) is 3.11. The van der Waals surface area contributed by atoms with E-state index in [1.165, 1.54) is 6.08 Å². The van der Waals surface area contributed by atoms with E-state index < -0.39 is 5.91 Å². The van der Waals surface area contributed by atoms with Crippen molar-refractivity contribution in [3.05, 3.63) is 63.6 Å². The highest BCUT2D eigenvalue weighted by Gasteiger charge is 2.13. The van der Waals surface area contributed by atoms with Crippen LogP contribution in [0.2, 0.25) is 10.0 Å². The molecular formula is C20H17Cl2N3O2. The Morgan fingerprint density at radius 1 is 1.15 bits per heavy atom. The van der Waals surface area contributed by atoms with Crippen LogP contribution in [-0.2, 0) is 9.53 Å². The molecule has 2 aromatic carbocycles. The smallest absolute Gasteiger partial charge is 0.266 e. The molecule has 1 heterocycles. The molecule has 0 aromatic heterocycles. The standard InChI is InChI=1S/C20H17Cl2N3O2/c21-16-2-1-14(19(22)12-16)11-15(13-23)20(26)24-17-3-5-18(6-4-17)25-7-9-27-10-8-25/h1-6,11-12H,7-10H2,(H,24,26)/b15-11+. The van der Waals surface area contributed by atoms with Gasteiger partial charge in [-0.1, -0.05) is 29.3 Å².